The highest BCUT2D eigenvalue weighted by Crippen LogP contribution is 2.50. The third kappa shape index (κ3) is 5.83. The van der Waals surface area contributed by atoms with Crippen LogP contribution in [-0.2, 0) is 19.1 Å². The molecule has 2 N–H and O–H groups in total. The van der Waals surface area contributed by atoms with Crippen molar-refractivity contribution in [3.05, 3.63) is 11.8 Å². The Balaban J connectivity index is 1.09. The molecule has 0 bridgehead atoms. The molecule has 7 rings (SSSR count). The van der Waals surface area contributed by atoms with Crippen molar-refractivity contribution < 1.29 is 23.5 Å². The van der Waals surface area contributed by atoms with Crippen LogP contribution in [0.3, 0.4) is 0 Å². The maximum absolute atomic E-state index is 16.1. The van der Waals surface area contributed by atoms with Gasteiger partial charge in [-0.1, -0.05) is 25.7 Å². The van der Waals surface area contributed by atoms with Gasteiger partial charge in [-0.05, 0) is 83.3 Å². The van der Waals surface area contributed by atoms with E-state index in [0.717, 1.165) is 51.6 Å². The molecule has 0 aromatic carbocycles. The van der Waals surface area contributed by atoms with Crippen LogP contribution < -0.4 is 10.6 Å². The number of nitrogens with one attached hydrogen (secondary N) is 2. The van der Waals surface area contributed by atoms with Gasteiger partial charge in [-0.2, -0.15) is 0 Å². The quantitative estimate of drug-likeness (QED) is 0.305. The monoisotopic (exact) mass is 613 g/mol. The number of fused-ring (bicyclic) bond motifs is 3. The summed E-state index contributed by atoms with van der Waals surface area (Å²) in [5.41, 5.74) is 0.199. The summed E-state index contributed by atoms with van der Waals surface area (Å²) in [5.74, 6) is 0.365. The third-order valence-corrected chi connectivity index (χ3v) is 12.3. The number of amides is 2. The summed E-state index contributed by atoms with van der Waals surface area (Å²) in [6, 6.07) is -0.206. The number of nitrogens with zero attached hydrogens (tertiary/aromatic N) is 3. The van der Waals surface area contributed by atoms with Crippen molar-refractivity contribution >= 4 is 17.6 Å². The van der Waals surface area contributed by atoms with Crippen molar-refractivity contribution in [2.24, 2.45) is 17.8 Å². The van der Waals surface area contributed by atoms with E-state index >= 15 is 4.39 Å². The minimum Gasteiger partial charge on any atom is -0.369 e. The fraction of sp³-hybridized carbons (Fsp3) is 0.853. The lowest BCUT2D eigenvalue weighted by atomic mass is 9.65. The SMILES string of the molecule is CN1CCCC1CCNC(=O)C1=CN2C3CC4CCCCC4CC3OC3C(NCCCN4CCCC4=O)C(F)CC(C1=O)C32. The molecule has 4 aliphatic heterocycles. The summed E-state index contributed by atoms with van der Waals surface area (Å²) in [7, 11) is 2.13. The number of carbonyl (C=O) groups is 3. The minimum absolute atomic E-state index is 0.0280. The average molecular weight is 614 g/mol. The molecule has 244 valence electrons. The number of likely N-dealkylation sites (tertiary alicyclic amines) is 2. The molecule has 3 aliphatic carbocycles. The summed E-state index contributed by atoms with van der Waals surface area (Å²) < 4.78 is 23.0. The molecule has 10 heteroatoms. The summed E-state index contributed by atoms with van der Waals surface area (Å²) in [5, 5.41) is 6.53. The lowest BCUT2D eigenvalue weighted by molar-refractivity contribution is -0.208. The van der Waals surface area contributed by atoms with Gasteiger partial charge in [0.1, 0.15) is 6.17 Å². The second kappa shape index (κ2) is 13.0. The Morgan fingerprint density at radius 1 is 1.02 bits per heavy atom. The molecule has 44 heavy (non-hydrogen) atoms. The maximum atomic E-state index is 16.1. The van der Waals surface area contributed by atoms with Crippen molar-refractivity contribution in [3.8, 4) is 0 Å². The molecule has 3 saturated heterocycles. The zero-order valence-electron chi connectivity index (χ0n) is 26.4. The van der Waals surface area contributed by atoms with Crippen molar-refractivity contribution in [1.82, 2.24) is 25.3 Å². The predicted molar refractivity (Wildman–Crippen MR) is 164 cm³/mol. The number of morpholine rings is 1. The topological polar surface area (TPSA) is 94.2 Å². The molecular formula is C34H52FN5O4. The highest BCUT2D eigenvalue weighted by Gasteiger charge is 2.59. The fourth-order valence-electron chi connectivity index (χ4n) is 9.97. The summed E-state index contributed by atoms with van der Waals surface area (Å²) in [6.45, 7) is 3.72. The van der Waals surface area contributed by atoms with Crippen molar-refractivity contribution in [2.75, 3.05) is 39.8 Å². The molecule has 9 nitrogen and oxygen atoms in total. The van der Waals surface area contributed by atoms with Crippen LogP contribution in [0.4, 0.5) is 4.39 Å². The Labute approximate surface area is 261 Å². The normalized spacial score (nSPS) is 40.4. The number of Topliss-reactive ketones (excluding diaryl/α,β-unsaturated/α-hetero) is 1. The van der Waals surface area contributed by atoms with Crippen LogP contribution in [0, 0.1) is 17.8 Å². The molecular weight excluding hydrogens is 561 g/mol. The van der Waals surface area contributed by atoms with E-state index in [2.05, 4.69) is 27.5 Å². The Morgan fingerprint density at radius 2 is 1.84 bits per heavy atom. The number of alkyl halides is 1. The van der Waals surface area contributed by atoms with E-state index in [1.54, 1.807) is 0 Å². The van der Waals surface area contributed by atoms with E-state index in [1.807, 2.05) is 11.1 Å². The van der Waals surface area contributed by atoms with Crippen LogP contribution in [0.1, 0.15) is 83.5 Å². The van der Waals surface area contributed by atoms with Crippen LogP contribution in [0.25, 0.3) is 0 Å². The third-order valence-electron chi connectivity index (χ3n) is 12.3. The number of ether oxygens (including phenoxy) is 1. The van der Waals surface area contributed by atoms with E-state index in [-0.39, 0.29) is 47.8 Å². The van der Waals surface area contributed by atoms with Crippen molar-refractivity contribution in [1.29, 1.82) is 0 Å². The minimum atomic E-state index is -1.25. The highest BCUT2D eigenvalue weighted by atomic mass is 19.1. The van der Waals surface area contributed by atoms with Gasteiger partial charge in [-0.3, -0.25) is 14.4 Å². The second-order valence-electron chi connectivity index (χ2n) is 14.8. The van der Waals surface area contributed by atoms with E-state index in [4.69, 9.17) is 4.74 Å². The van der Waals surface area contributed by atoms with E-state index in [0.29, 0.717) is 43.9 Å². The van der Waals surface area contributed by atoms with Crippen molar-refractivity contribution in [3.63, 3.8) is 0 Å². The van der Waals surface area contributed by atoms with Gasteiger partial charge in [-0.15, -0.1) is 0 Å². The Kier molecular flexibility index (Phi) is 9.03. The summed E-state index contributed by atoms with van der Waals surface area (Å²) in [4.78, 5) is 46.1. The van der Waals surface area contributed by atoms with Gasteiger partial charge in [0.2, 0.25) is 5.91 Å². The lowest BCUT2D eigenvalue weighted by Crippen LogP contribution is -2.73. The Hall–Kier alpha value is -2.04. The van der Waals surface area contributed by atoms with Crippen LogP contribution >= 0.6 is 0 Å². The maximum Gasteiger partial charge on any atom is 0.256 e. The van der Waals surface area contributed by atoms with Crippen LogP contribution in [0.2, 0.25) is 0 Å². The Bertz CT molecular complexity index is 1130. The summed E-state index contributed by atoms with van der Waals surface area (Å²) >= 11 is 0. The fourth-order valence-corrected chi connectivity index (χ4v) is 9.97. The first-order chi connectivity index (χ1) is 21.4. The van der Waals surface area contributed by atoms with E-state index in [1.165, 1.54) is 32.1 Å². The van der Waals surface area contributed by atoms with Gasteiger partial charge >= 0.3 is 0 Å². The molecule has 0 aromatic heterocycles. The molecule has 6 fully saturated rings. The molecule has 3 saturated carbocycles. The number of carbonyl (C=O) groups excluding carboxylic acids is 3. The van der Waals surface area contributed by atoms with Crippen molar-refractivity contribution in [2.45, 2.75) is 126 Å². The van der Waals surface area contributed by atoms with E-state index < -0.39 is 24.2 Å². The first-order valence-corrected chi connectivity index (χ1v) is 17.7. The van der Waals surface area contributed by atoms with Gasteiger partial charge in [0.15, 0.2) is 5.78 Å². The van der Waals surface area contributed by atoms with Gasteiger partial charge in [0.05, 0.1) is 35.9 Å². The number of hydrogen-bond donors (Lipinski definition) is 2. The van der Waals surface area contributed by atoms with Gasteiger partial charge in [0.25, 0.3) is 5.91 Å². The molecule has 0 aromatic rings. The van der Waals surface area contributed by atoms with Gasteiger partial charge in [0, 0.05) is 44.2 Å². The highest BCUT2D eigenvalue weighted by molar-refractivity contribution is 6.20. The zero-order chi connectivity index (χ0) is 30.4. The molecule has 10 atom stereocenters. The molecule has 4 heterocycles. The lowest BCUT2D eigenvalue weighted by Gasteiger charge is -2.61. The molecule has 0 spiro atoms. The Morgan fingerprint density at radius 3 is 2.59 bits per heavy atom. The molecule has 0 radical (unpaired) electrons. The van der Waals surface area contributed by atoms with Gasteiger partial charge < -0.3 is 30.1 Å². The first-order valence-electron chi connectivity index (χ1n) is 17.7. The van der Waals surface area contributed by atoms with Crippen LogP contribution in [0.5, 0.6) is 0 Å². The smallest absolute Gasteiger partial charge is 0.256 e. The first kappa shape index (κ1) is 30.6. The second-order valence-corrected chi connectivity index (χ2v) is 14.8. The van der Waals surface area contributed by atoms with Crippen LogP contribution in [0.15, 0.2) is 11.8 Å². The predicted octanol–water partition coefficient (Wildman–Crippen LogP) is 2.79. The standard InChI is InChI=1S/C34H52FN5O4/c1-38-14-4-9-23(38)11-13-37-34(43)25-20-40-27-17-21-7-2-3-8-22(21)18-28(27)44-33-30(26(35)19-24(31(33)40)32(25)42)36-12-6-16-39-15-5-10-29(39)41/h20-24,26-28,30-31,33,36H,2-19H2,1H3,(H,37,43). The van der Waals surface area contributed by atoms with E-state index in [9.17, 15) is 14.4 Å². The van der Waals surface area contributed by atoms with Crippen LogP contribution in [-0.4, -0.2) is 115 Å². The molecule has 2 amide bonds. The number of hydrogen-bond acceptors (Lipinski definition) is 7. The molecule has 7 aliphatic rings. The number of ketones is 1. The largest absolute Gasteiger partial charge is 0.369 e. The molecule has 10 unspecified atom stereocenters. The summed E-state index contributed by atoms with van der Waals surface area (Å²) in [6.07, 6.45) is 12.7. The van der Waals surface area contributed by atoms with Gasteiger partial charge in [-0.25, -0.2) is 4.39 Å². The number of halogens is 1. The zero-order valence-corrected chi connectivity index (χ0v) is 26.4. The number of rotatable bonds is 9. The average Bonchev–Trinajstić information content (AvgIpc) is 3.63.